The molecule has 0 aliphatic carbocycles. The standard InChI is InChI=1S/C14H14N2.2ClH/c1-3-12-4-2-8-16-14(12)13(5-1)11-6-9-15-10-7-11;;/h1-6,8,15H,7,9-10H2;2*1H. The van der Waals surface area contributed by atoms with E-state index in [1.54, 1.807) is 0 Å². The van der Waals surface area contributed by atoms with E-state index in [9.17, 15) is 0 Å². The van der Waals surface area contributed by atoms with Gasteiger partial charge in [-0.25, -0.2) is 0 Å². The zero-order chi connectivity index (χ0) is 10.8. The molecule has 96 valence electrons. The second-order valence-electron chi connectivity index (χ2n) is 4.06. The van der Waals surface area contributed by atoms with E-state index in [2.05, 4.69) is 40.6 Å². The van der Waals surface area contributed by atoms with Gasteiger partial charge in [-0.1, -0.05) is 30.3 Å². The molecule has 2 heterocycles. The van der Waals surface area contributed by atoms with Gasteiger partial charge < -0.3 is 5.32 Å². The molecule has 18 heavy (non-hydrogen) atoms. The van der Waals surface area contributed by atoms with Gasteiger partial charge in [0.1, 0.15) is 0 Å². The van der Waals surface area contributed by atoms with Crippen LogP contribution in [0, 0.1) is 0 Å². The second-order valence-corrected chi connectivity index (χ2v) is 4.06. The highest BCUT2D eigenvalue weighted by atomic mass is 35.5. The van der Waals surface area contributed by atoms with Crippen molar-refractivity contribution in [2.45, 2.75) is 6.42 Å². The van der Waals surface area contributed by atoms with Gasteiger partial charge in [-0.3, -0.25) is 4.98 Å². The maximum atomic E-state index is 4.50. The fraction of sp³-hybridized carbons (Fsp3) is 0.214. The summed E-state index contributed by atoms with van der Waals surface area (Å²) < 4.78 is 0. The first-order valence-electron chi connectivity index (χ1n) is 5.69. The van der Waals surface area contributed by atoms with Crippen molar-refractivity contribution in [3.8, 4) is 0 Å². The van der Waals surface area contributed by atoms with Crippen molar-refractivity contribution in [2.75, 3.05) is 13.1 Å². The van der Waals surface area contributed by atoms with Gasteiger partial charge in [-0.15, -0.1) is 24.8 Å². The van der Waals surface area contributed by atoms with Crippen LogP contribution >= 0.6 is 24.8 Å². The summed E-state index contributed by atoms with van der Waals surface area (Å²) >= 11 is 0. The van der Waals surface area contributed by atoms with Gasteiger partial charge in [0.05, 0.1) is 5.52 Å². The van der Waals surface area contributed by atoms with Crippen molar-refractivity contribution in [1.29, 1.82) is 0 Å². The van der Waals surface area contributed by atoms with Crippen LogP contribution in [0.15, 0.2) is 42.6 Å². The lowest BCUT2D eigenvalue weighted by Crippen LogP contribution is -2.20. The molecule has 2 aromatic rings. The molecule has 0 saturated heterocycles. The molecule has 1 N–H and O–H groups in total. The molecule has 0 fully saturated rings. The minimum Gasteiger partial charge on any atom is -0.313 e. The maximum absolute atomic E-state index is 4.50. The molecule has 1 aromatic heterocycles. The molecule has 0 radical (unpaired) electrons. The summed E-state index contributed by atoms with van der Waals surface area (Å²) in [4.78, 5) is 4.50. The second kappa shape index (κ2) is 6.74. The number of nitrogens with zero attached hydrogens (tertiary/aromatic N) is 1. The Kier molecular flexibility index (Phi) is 5.60. The van der Waals surface area contributed by atoms with Gasteiger partial charge in [0.25, 0.3) is 0 Å². The quantitative estimate of drug-likeness (QED) is 0.867. The molecule has 1 aliphatic heterocycles. The number of halogens is 2. The van der Waals surface area contributed by atoms with E-state index in [-0.39, 0.29) is 24.8 Å². The van der Waals surface area contributed by atoms with Crippen molar-refractivity contribution in [3.05, 3.63) is 48.2 Å². The largest absolute Gasteiger partial charge is 0.313 e. The Balaban J connectivity index is 0.000000810. The first-order valence-corrected chi connectivity index (χ1v) is 5.69. The average molecular weight is 283 g/mol. The topological polar surface area (TPSA) is 24.9 Å². The molecule has 0 spiro atoms. The Hall–Kier alpha value is -1.09. The summed E-state index contributed by atoms with van der Waals surface area (Å²) in [6.07, 6.45) is 5.23. The Morgan fingerprint density at radius 1 is 1.06 bits per heavy atom. The van der Waals surface area contributed by atoms with E-state index in [1.807, 2.05) is 12.3 Å². The molecule has 0 atom stereocenters. The first kappa shape index (κ1) is 15.0. The molecule has 1 aromatic carbocycles. The fourth-order valence-electron chi connectivity index (χ4n) is 2.23. The number of nitrogens with one attached hydrogen (secondary N) is 1. The van der Waals surface area contributed by atoms with Crippen LogP contribution in [0.4, 0.5) is 0 Å². The molecule has 1 aliphatic rings. The van der Waals surface area contributed by atoms with Gasteiger partial charge in [0.2, 0.25) is 0 Å². The van der Waals surface area contributed by atoms with E-state index in [0.29, 0.717) is 0 Å². The third-order valence-electron chi connectivity index (χ3n) is 3.04. The lowest BCUT2D eigenvalue weighted by atomic mass is 9.97. The molecule has 2 nitrogen and oxygen atoms in total. The summed E-state index contributed by atoms with van der Waals surface area (Å²) in [7, 11) is 0. The van der Waals surface area contributed by atoms with E-state index < -0.39 is 0 Å². The lowest BCUT2D eigenvalue weighted by molar-refractivity contribution is 0.739. The highest BCUT2D eigenvalue weighted by molar-refractivity contribution is 5.90. The van der Waals surface area contributed by atoms with Crippen molar-refractivity contribution in [2.24, 2.45) is 0 Å². The highest BCUT2D eigenvalue weighted by Gasteiger charge is 2.09. The molecule has 0 bridgehead atoms. The zero-order valence-corrected chi connectivity index (χ0v) is 11.6. The van der Waals surface area contributed by atoms with E-state index >= 15 is 0 Å². The zero-order valence-electron chi connectivity index (χ0n) is 9.93. The number of pyridine rings is 1. The molecule has 0 unspecified atom stereocenters. The molecule has 4 heteroatoms. The maximum Gasteiger partial charge on any atom is 0.0776 e. The van der Waals surface area contributed by atoms with Crippen LogP contribution in [0.3, 0.4) is 0 Å². The number of hydrogen-bond acceptors (Lipinski definition) is 2. The summed E-state index contributed by atoms with van der Waals surface area (Å²) in [6.45, 7) is 2.04. The molecule has 0 saturated carbocycles. The van der Waals surface area contributed by atoms with Crippen molar-refractivity contribution >= 4 is 41.3 Å². The van der Waals surface area contributed by atoms with Crippen molar-refractivity contribution < 1.29 is 0 Å². The summed E-state index contributed by atoms with van der Waals surface area (Å²) in [6, 6.07) is 10.5. The summed E-state index contributed by atoms with van der Waals surface area (Å²) in [5.41, 5.74) is 3.83. The number of rotatable bonds is 1. The molecular weight excluding hydrogens is 267 g/mol. The van der Waals surface area contributed by atoms with Crippen LogP contribution in [-0.2, 0) is 0 Å². The van der Waals surface area contributed by atoms with Gasteiger partial charge in [0.15, 0.2) is 0 Å². The third kappa shape index (κ3) is 2.83. The van der Waals surface area contributed by atoms with Gasteiger partial charge in [-0.2, -0.15) is 0 Å². The van der Waals surface area contributed by atoms with Crippen molar-refractivity contribution in [1.82, 2.24) is 10.3 Å². The monoisotopic (exact) mass is 282 g/mol. The Labute approximate surface area is 119 Å². The van der Waals surface area contributed by atoms with Crippen LogP contribution in [0.2, 0.25) is 0 Å². The van der Waals surface area contributed by atoms with E-state index in [4.69, 9.17) is 0 Å². The molecular formula is C14H16Cl2N2. The minimum absolute atomic E-state index is 0. The fourth-order valence-corrected chi connectivity index (χ4v) is 2.23. The SMILES string of the molecule is C1=C(c2cccc3cccnc23)CCNC1.Cl.Cl. The average Bonchev–Trinajstić information content (AvgIpc) is 2.39. The number of aromatic nitrogens is 1. The Morgan fingerprint density at radius 3 is 2.67 bits per heavy atom. The van der Waals surface area contributed by atoms with Crippen LogP contribution in [0.25, 0.3) is 16.5 Å². The Bertz CT molecular complexity index is 547. The van der Waals surface area contributed by atoms with E-state index in [0.717, 1.165) is 25.0 Å². The number of benzene rings is 1. The number of fused-ring (bicyclic) bond motifs is 1. The Morgan fingerprint density at radius 2 is 1.89 bits per heavy atom. The molecule has 0 amide bonds. The van der Waals surface area contributed by atoms with Crippen molar-refractivity contribution in [3.63, 3.8) is 0 Å². The number of para-hydroxylation sites is 1. The minimum atomic E-state index is 0. The predicted octanol–water partition coefficient (Wildman–Crippen LogP) is 3.46. The number of hydrogen-bond donors (Lipinski definition) is 1. The summed E-state index contributed by atoms with van der Waals surface area (Å²) in [5.74, 6) is 0. The lowest BCUT2D eigenvalue weighted by Gasteiger charge is -2.15. The van der Waals surface area contributed by atoms with E-state index in [1.165, 1.54) is 16.5 Å². The first-order chi connectivity index (χ1) is 7.95. The van der Waals surface area contributed by atoms with Crippen LogP contribution in [-0.4, -0.2) is 18.1 Å². The normalized spacial score (nSPS) is 14.3. The smallest absolute Gasteiger partial charge is 0.0776 e. The van der Waals surface area contributed by atoms with Gasteiger partial charge >= 0.3 is 0 Å². The van der Waals surface area contributed by atoms with Crippen LogP contribution in [0.5, 0.6) is 0 Å². The summed E-state index contributed by atoms with van der Waals surface area (Å²) in [5, 5.41) is 4.56. The predicted molar refractivity (Wildman–Crippen MR) is 81.7 cm³/mol. The van der Waals surface area contributed by atoms with Gasteiger partial charge in [0, 0.05) is 23.7 Å². The van der Waals surface area contributed by atoms with Crippen LogP contribution in [0.1, 0.15) is 12.0 Å². The molecule has 3 rings (SSSR count). The van der Waals surface area contributed by atoms with Crippen LogP contribution < -0.4 is 5.32 Å². The highest BCUT2D eigenvalue weighted by Crippen LogP contribution is 2.26. The third-order valence-corrected chi connectivity index (χ3v) is 3.04. The van der Waals surface area contributed by atoms with Gasteiger partial charge in [-0.05, 0) is 24.6 Å².